The van der Waals surface area contributed by atoms with Crippen LogP contribution in [0.5, 0.6) is 0 Å². The van der Waals surface area contributed by atoms with Crippen LogP contribution in [0.3, 0.4) is 0 Å². The lowest BCUT2D eigenvalue weighted by atomic mass is 10.1. The third-order valence-corrected chi connectivity index (χ3v) is 3.76. The van der Waals surface area contributed by atoms with Gasteiger partial charge in [0.2, 0.25) is 0 Å². The van der Waals surface area contributed by atoms with Crippen LogP contribution in [0.25, 0.3) is 0 Å². The van der Waals surface area contributed by atoms with E-state index in [2.05, 4.69) is 10.3 Å². The molecule has 0 atom stereocenters. The number of pyridine rings is 1. The summed E-state index contributed by atoms with van der Waals surface area (Å²) in [5.41, 5.74) is 0.681. The standard InChI is InChI=1S/C17H16FN3O2/c18-14-5-1-2-6-15(14)20-16(22)12-9-13(11-19-10-12)17(23)21-7-3-4-8-21/h1-2,5-6,9-11H,3-4,7-8H2,(H,20,22). The van der Waals surface area contributed by atoms with E-state index in [4.69, 9.17) is 0 Å². The summed E-state index contributed by atoms with van der Waals surface area (Å²) in [5, 5.41) is 2.48. The number of likely N-dealkylation sites (tertiary alicyclic amines) is 1. The Morgan fingerprint density at radius 3 is 2.52 bits per heavy atom. The monoisotopic (exact) mass is 313 g/mol. The van der Waals surface area contributed by atoms with Crippen molar-refractivity contribution in [2.75, 3.05) is 18.4 Å². The molecule has 1 aromatic carbocycles. The molecule has 1 saturated heterocycles. The van der Waals surface area contributed by atoms with Gasteiger partial charge in [-0.2, -0.15) is 0 Å². The van der Waals surface area contributed by atoms with Gasteiger partial charge in [-0.15, -0.1) is 0 Å². The van der Waals surface area contributed by atoms with Gasteiger partial charge in [0.25, 0.3) is 11.8 Å². The summed E-state index contributed by atoms with van der Waals surface area (Å²) >= 11 is 0. The third kappa shape index (κ3) is 3.36. The van der Waals surface area contributed by atoms with Gasteiger partial charge in [-0.1, -0.05) is 12.1 Å². The van der Waals surface area contributed by atoms with Gasteiger partial charge < -0.3 is 10.2 Å². The molecule has 23 heavy (non-hydrogen) atoms. The molecular formula is C17H16FN3O2. The zero-order valence-electron chi connectivity index (χ0n) is 12.5. The van der Waals surface area contributed by atoms with Gasteiger partial charge in [-0.05, 0) is 31.0 Å². The molecule has 1 fully saturated rings. The first-order chi connectivity index (χ1) is 11.1. The minimum Gasteiger partial charge on any atom is -0.339 e. The van der Waals surface area contributed by atoms with E-state index in [0.717, 1.165) is 25.9 Å². The molecule has 0 saturated carbocycles. The van der Waals surface area contributed by atoms with Gasteiger partial charge in [0.1, 0.15) is 5.82 Å². The summed E-state index contributed by atoms with van der Waals surface area (Å²) in [7, 11) is 0. The fraction of sp³-hybridized carbons (Fsp3) is 0.235. The van der Waals surface area contributed by atoms with Gasteiger partial charge in [-0.25, -0.2) is 4.39 Å². The summed E-state index contributed by atoms with van der Waals surface area (Å²) in [6.45, 7) is 1.45. The van der Waals surface area contributed by atoms with Crippen LogP contribution < -0.4 is 5.32 Å². The molecule has 2 amide bonds. The van der Waals surface area contributed by atoms with Gasteiger partial charge >= 0.3 is 0 Å². The van der Waals surface area contributed by atoms with Crippen molar-refractivity contribution in [3.8, 4) is 0 Å². The quantitative estimate of drug-likeness (QED) is 0.947. The van der Waals surface area contributed by atoms with Crippen LogP contribution in [0.4, 0.5) is 10.1 Å². The Labute approximate surface area is 133 Å². The number of carbonyl (C=O) groups is 2. The summed E-state index contributed by atoms with van der Waals surface area (Å²) in [6.07, 6.45) is 4.79. The highest BCUT2D eigenvalue weighted by atomic mass is 19.1. The summed E-state index contributed by atoms with van der Waals surface area (Å²) in [6, 6.07) is 7.40. The van der Waals surface area contributed by atoms with Crippen LogP contribution >= 0.6 is 0 Å². The second kappa shape index (κ2) is 6.56. The lowest BCUT2D eigenvalue weighted by molar-refractivity contribution is 0.0792. The van der Waals surface area contributed by atoms with E-state index in [-0.39, 0.29) is 17.2 Å². The average Bonchev–Trinajstić information content (AvgIpc) is 3.11. The number of hydrogen-bond donors (Lipinski definition) is 1. The number of rotatable bonds is 3. The number of carbonyl (C=O) groups excluding carboxylic acids is 2. The molecule has 6 heteroatoms. The number of amides is 2. The minimum absolute atomic E-state index is 0.0915. The van der Waals surface area contributed by atoms with Crippen molar-refractivity contribution in [1.29, 1.82) is 0 Å². The van der Waals surface area contributed by atoms with Gasteiger partial charge in [0, 0.05) is 25.5 Å². The number of para-hydroxylation sites is 1. The molecule has 0 spiro atoms. The van der Waals surface area contributed by atoms with Gasteiger partial charge in [-0.3, -0.25) is 14.6 Å². The Bertz CT molecular complexity index is 742. The third-order valence-electron chi connectivity index (χ3n) is 3.76. The largest absolute Gasteiger partial charge is 0.339 e. The van der Waals surface area contributed by atoms with E-state index in [9.17, 15) is 14.0 Å². The molecule has 2 heterocycles. The Kier molecular flexibility index (Phi) is 4.32. The summed E-state index contributed by atoms with van der Waals surface area (Å²) < 4.78 is 13.6. The lowest BCUT2D eigenvalue weighted by Crippen LogP contribution is -2.28. The molecule has 1 aliphatic rings. The first-order valence-electron chi connectivity index (χ1n) is 7.45. The van der Waals surface area contributed by atoms with Crippen LogP contribution in [0.2, 0.25) is 0 Å². The Hall–Kier alpha value is -2.76. The van der Waals surface area contributed by atoms with Crippen molar-refractivity contribution in [3.63, 3.8) is 0 Å². The molecule has 1 N–H and O–H groups in total. The number of nitrogens with zero attached hydrogens (tertiary/aromatic N) is 2. The fourth-order valence-corrected chi connectivity index (χ4v) is 2.54. The first-order valence-corrected chi connectivity index (χ1v) is 7.45. The Morgan fingerprint density at radius 1 is 1.09 bits per heavy atom. The van der Waals surface area contributed by atoms with Crippen molar-refractivity contribution in [2.45, 2.75) is 12.8 Å². The fourth-order valence-electron chi connectivity index (χ4n) is 2.54. The summed E-state index contributed by atoms with van der Waals surface area (Å²) in [5.74, 6) is -1.15. The van der Waals surface area contributed by atoms with Crippen molar-refractivity contribution < 1.29 is 14.0 Å². The molecule has 0 unspecified atom stereocenters. The highest BCUT2D eigenvalue weighted by Crippen LogP contribution is 2.16. The van der Waals surface area contributed by atoms with Crippen LogP contribution in [-0.4, -0.2) is 34.8 Å². The zero-order chi connectivity index (χ0) is 16.2. The molecule has 1 aliphatic heterocycles. The predicted octanol–water partition coefficient (Wildman–Crippen LogP) is 2.71. The van der Waals surface area contributed by atoms with Crippen molar-refractivity contribution in [3.05, 3.63) is 59.7 Å². The van der Waals surface area contributed by atoms with Crippen molar-refractivity contribution in [1.82, 2.24) is 9.88 Å². The van der Waals surface area contributed by atoms with E-state index >= 15 is 0 Å². The molecule has 0 aliphatic carbocycles. The predicted molar refractivity (Wildman–Crippen MR) is 83.7 cm³/mol. The smallest absolute Gasteiger partial charge is 0.257 e. The van der Waals surface area contributed by atoms with Crippen molar-refractivity contribution in [2.24, 2.45) is 0 Å². The highest BCUT2D eigenvalue weighted by Gasteiger charge is 2.20. The SMILES string of the molecule is O=C(Nc1ccccc1F)c1cncc(C(=O)N2CCCC2)c1. The Balaban J connectivity index is 1.77. The normalized spacial score (nSPS) is 13.9. The van der Waals surface area contributed by atoms with E-state index in [1.807, 2.05) is 0 Å². The van der Waals surface area contributed by atoms with Crippen LogP contribution in [0, 0.1) is 5.82 Å². The maximum Gasteiger partial charge on any atom is 0.257 e. The van der Waals surface area contributed by atoms with Crippen LogP contribution in [0.1, 0.15) is 33.6 Å². The molecule has 118 valence electrons. The molecular weight excluding hydrogens is 297 g/mol. The molecule has 1 aromatic heterocycles. The van der Waals surface area contributed by atoms with Gasteiger partial charge in [0.05, 0.1) is 16.8 Å². The topological polar surface area (TPSA) is 62.3 Å². The average molecular weight is 313 g/mol. The maximum absolute atomic E-state index is 13.6. The van der Waals surface area contributed by atoms with Crippen LogP contribution in [-0.2, 0) is 0 Å². The number of anilines is 1. The molecule has 0 bridgehead atoms. The number of hydrogen-bond acceptors (Lipinski definition) is 3. The van der Waals surface area contributed by atoms with E-state index in [1.165, 1.54) is 30.6 Å². The zero-order valence-corrected chi connectivity index (χ0v) is 12.5. The molecule has 3 rings (SSSR count). The minimum atomic E-state index is -0.516. The Morgan fingerprint density at radius 2 is 1.78 bits per heavy atom. The summed E-state index contributed by atoms with van der Waals surface area (Å²) in [4.78, 5) is 30.3. The second-order valence-electron chi connectivity index (χ2n) is 5.40. The van der Waals surface area contributed by atoms with Crippen LogP contribution in [0.15, 0.2) is 42.7 Å². The molecule has 2 aromatic rings. The lowest BCUT2D eigenvalue weighted by Gasteiger charge is -2.15. The van der Waals surface area contributed by atoms with E-state index < -0.39 is 11.7 Å². The van der Waals surface area contributed by atoms with E-state index in [0.29, 0.717) is 5.56 Å². The van der Waals surface area contributed by atoms with Gasteiger partial charge in [0.15, 0.2) is 0 Å². The van der Waals surface area contributed by atoms with Crippen molar-refractivity contribution >= 4 is 17.5 Å². The highest BCUT2D eigenvalue weighted by molar-refractivity contribution is 6.05. The second-order valence-corrected chi connectivity index (χ2v) is 5.40. The molecule has 5 nitrogen and oxygen atoms in total. The number of benzene rings is 1. The van der Waals surface area contributed by atoms with E-state index in [1.54, 1.807) is 17.0 Å². The number of halogens is 1. The number of nitrogens with one attached hydrogen (secondary N) is 1. The first kappa shape index (κ1) is 15.1. The molecule has 0 radical (unpaired) electrons. The number of aromatic nitrogens is 1. The maximum atomic E-state index is 13.6.